The van der Waals surface area contributed by atoms with Crippen molar-refractivity contribution in [2.75, 3.05) is 32.8 Å². The summed E-state index contributed by atoms with van der Waals surface area (Å²) in [5, 5.41) is 2.01. The van der Waals surface area contributed by atoms with Crippen LogP contribution in [-0.4, -0.2) is 58.3 Å². The van der Waals surface area contributed by atoms with Crippen molar-refractivity contribution in [1.29, 1.82) is 0 Å². The predicted octanol–water partition coefficient (Wildman–Crippen LogP) is 2.47. The maximum Gasteiger partial charge on any atom is 0.243 e. The van der Waals surface area contributed by atoms with Gasteiger partial charge in [0.15, 0.2) is 0 Å². The van der Waals surface area contributed by atoms with E-state index in [2.05, 4.69) is 0 Å². The highest BCUT2D eigenvalue weighted by Gasteiger charge is 2.36. The van der Waals surface area contributed by atoms with Gasteiger partial charge in [0.25, 0.3) is 0 Å². The minimum atomic E-state index is -3.72. The monoisotopic (exact) mass is 456 g/mol. The van der Waals surface area contributed by atoms with E-state index in [9.17, 15) is 16.8 Å². The van der Waals surface area contributed by atoms with Crippen LogP contribution >= 0.6 is 11.3 Å². The third-order valence-electron chi connectivity index (χ3n) is 5.47. The minimum absolute atomic E-state index is 0.101. The smallest absolute Gasteiger partial charge is 0.243 e. The molecule has 1 aromatic carbocycles. The van der Waals surface area contributed by atoms with E-state index in [0.717, 1.165) is 5.56 Å². The summed E-state index contributed by atoms with van der Waals surface area (Å²) in [4.78, 5) is 1.47. The lowest BCUT2D eigenvalue weighted by Crippen LogP contribution is -2.40. The van der Waals surface area contributed by atoms with Crippen LogP contribution in [0.5, 0.6) is 0 Å². The number of thiophene rings is 1. The molecule has 1 atom stereocenters. The highest BCUT2D eigenvalue weighted by molar-refractivity contribution is 7.89. The first-order chi connectivity index (χ1) is 13.9. The van der Waals surface area contributed by atoms with E-state index >= 15 is 0 Å². The van der Waals surface area contributed by atoms with E-state index in [-0.39, 0.29) is 15.8 Å². The van der Waals surface area contributed by atoms with E-state index in [1.807, 2.05) is 18.4 Å². The van der Waals surface area contributed by atoms with Crippen LogP contribution in [0, 0.1) is 0 Å². The van der Waals surface area contributed by atoms with Gasteiger partial charge >= 0.3 is 0 Å². The van der Waals surface area contributed by atoms with Crippen molar-refractivity contribution < 1.29 is 21.6 Å². The molecular weight excluding hydrogens is 432 g/mol. The normalized spacial score (nSPS) is 21.8. The Hall–Kier alpha value is -1.30. The first kappa shape index (κ1) is 21.0. The zero-order valence-electron chi connectivity index (χ0n) is 16.2. The minimum Gasteiger partial charge on any atom is -0.379 e. The average Bonchev–Trinajstić information content (AvgIpc) is 3.22. The van der Waals surface area contributed by atoms with E-state index in [0.29, 0.717) is 45.7 Å². The van der Waals surface area contributed by atoms with E-state index in [4.69, 9.17) is 4.74 Å². The molecule has 4 rings (SSSR count). The molecule has 2 aromatic rings. The Morgan fingerprint density at radius 1 is 0.966 bits per heavy atom. The maximum absolute atomic E-state index is 13.3. The number of hydrogen-bond donors (Lipinski definition) is 0. The number of sulfonamides is 2. The van der Waals surface area contributed by atoms with Crippen LogP contribution in [-0.2, 0) is 31.2 Å². The fourth-order valence-electron chi connectivity index (χ4n) is 3.94. The van der Waals surface area contributed by atoms with Crippen LogP contribution in [0.2, 0.25) is 0 Å². The zero-order chi connectivity index (χ0) is 20.6. The van der Waals surface area contributed by atoms with Crippen LogP contribution in [0.4, 0.5) is 0 Å². The third-order valence-corrected chi connectivity index (χ3v) is 10.3. The van der Waals surface area contributed by atoms with E-state index < -0.39 is 20.0 Å². The van der Waals surface area contributed by atoms with Gasteiger partial charge in [0.1, 0.15) is 0 Å². The second kappa shape index (κ2) is 8.09. The molecule has 158 valence electrons. The van der Waals surface area contributed by atoms with Crippen LogP contribution in [0.25, 0.3) is 0 Å². The molecule has 7 nitrogen and oxygen atoms in total. The lowest BCUT2D eigenvalue weighted by molar-refractivity contribution is 0.0730. The number of ether oxygens (including phenoxy) is 1. The molecule has 2 aliphatic rings. The van der Waals surface area contributed by atoms with Crippen LogP contribution in [0.15, 0.2) is 45.5 Å². The van der Waals surface area contributed by atoms with Crippen molar-refractivity contribution in [3.63, 3.8) is 0 Å². The summed E-state index contributed by atoms with van der Waals surface area (Å²) in [5.41, 5.74) is 1.08. The van der Waals surface area contributed by atoms with Gasteiger partial charge in [0.05, 0.1) is 29.0 Å². The summed E-state index contributed by atoms with van der Waals surface area (Å²) < 4.78 is 60.3. The number of hydrogen-bond acceptors (Lipinski definition) is 6. The predicted molar refractivity (Wildman–Crippen MR) is 111 cm³/mol. The molecule has 0 saturated carbocycles. The molecule has 1 fully saturated rings. The fraction of sp³-hybridized carbons (Fsp3) is 0.474. The standard InChI is InChI=1S/C19H24N2O5S3/c1-2-18-17-8-14-27-19(17)7-9-21(18)29(24,25)16-5-3-15(4-6-16)28(22,23)20-10-12-26-13-11-20/h3-6,8,14,18H,2,7,9-13H2,1H3. The molecule has 29 heavy (non-hydrogen) atoms. The first-order valence-electron chi connectivity index (χ1n) is 9.62. The van der Waals surface area contributed by atoms with Gasteiger partial charge in [-0.2, -0.15) is 8.61 Å². The number of rotatable bonds is 5. The van der Waals surface area contributed by atoms with Crippen LogP contribution < -0.4 is 0 Å². The highest BCUT2D eigenvalue weighted by atomic mass is 32.2. The fourth-order valence-corrected chi connectivity index (χ4v) is 7.96. The van der Waals surface area contributed by atoms with Gasteiger partial charge in [-0.05, 0) is 54.1 Å². The molecule has 1 unspecified atom stereocenters. The Bertz CT molecular complexity index is 1070. The average molecular weight is 457 g/mol. The molecule has 0 N–H and O–H groups in total. The summed E-state index contributed by atoms with van der Waals surface area (Å²) in [6.45, 7) is 3.75. The number of benzene rings is 1. The first-order valence-corrected chi connectivity index (χ1v) is 13.4. The molecule has 0 aliphatic carbocycles. The largest absolute Gasteiger partial charge is 0.379 e. The summed E-state index contributed by atoms with van der Waals surface area (Å²) in [5.74, 6) is 0. The van der Waals surface area contributed by atoms with Crippen molar-refractivity contribution >= 4 is 31.4 Å². The zero-order valence-corrected chi connectivity index (χ0v) is 18.6. The van der Waals surface area contributed by atoms with Gasteiger partial charge < -0.3 is 4.74 Å². The van der Waals surface area contributed by atoms with Crippen LogP contribution in [0.1, 0.15) is 29.8 Å². The Morgan fingerprint density at radius 2 is 1.59 bits per heavy atom. The lowest BCUT2D eigenvalue weighted by atomic mass is 10.0. The van der Waals surface area contributed by atoms with Gasteiger partial charge in [0.2, 0.25) is 20.0 Å². The molecule has 2 aliphatic heterocycles. The maximum atomic E-state index is 13.3. The molecule has 0 bridgehead atoms. The molecule has 0 amide bonds. The second-order valence-electron chi connectivity index (χ2n) is 7.08. The Kier molecular flexibility index (Phi) is 5.84. The van der Waals surface area contributed by atoms with Gasteiger partial charge in [-0.3, -0.25) is 0 Å². The van der Waals surface area contributed by atoms with E-state index in [1.165, 1.54) is 33.4 Å². The summed E-state index contributed by atoms with van der Waals surface area (Å²) >= 11 is 1.67. The molecular formula is C19H24N2O5S3. The second-order valence-corrected chi connectivity index (χ2v) is 11.9. The number of fused-ring (bicyclic) bond motifs is 1. The highest BCUT2D eigenvalue weighted by Crippen LogP contribution is 2.38. The van der Waals surface area contributed by atoms with Gasteiger partial charge in [-0.15, -0.1) is 11.3 Å². The van der Waals surface area contributed by atoms with Crippen molar-refractivity contribution in [1.82, 2.24) is 8.61 Å². The summed E-state index contributed by atoms with van der Waals surface area (Å²) in [7, 11) is -7.37. The Balaban J connectivity index is 1.61. The van der Waals surface area contributed by atoms with Gasteiger partial charge in [-0.25, -0.2) is 16.8 Å². The Morgan fingerprint density at radius 3 is 2.21 bits per heavy atom. The molecule has 0 spiro atoms. The number of nitrogens with zero attached hydrogens (tertiary/aromatic N) is 2. The van der Waals surface area contributed by atoms with Gasteiger partial charge in [0, 0.05) is 24.5 Å². The molecule has 1 aromatic heterocycles. The molecule has 10 heteroatoms. The van der Waals surface area contributed by atoms with Crippen molar-refractivity contribution in [2.24, 2.45) is 0 Å². The molecule has 1 saturated heterocycles. The van der Waals surface area contributed by atoms with Crippen molar-refractivity contribution in [3.05, 3.63) is 46.2 Å². The lowest BCUT2D eigenvalue weighted by Gasteiger charge is -2.34. The molecule has 0 radical (unpaired) electrons. The van der Waals surface area contributed by atoms with E-state index in [1.54, 1.807) is 15.6 Å². The summed E-state index contributed by atoms with van der Waals surface area (Å²) in [6, 6.07) is 7.40. The van der Waals surface area contributed by atoms with Gasteiger partial charge in [-0.1, -0.05) is 6.92 Å². The van der Waals surface area contributed by atoms with Crippen molar-refractivity contribution in [3.8, 4) is 0 Å². The van der Waals surface area contributed by atoms with Crippen LogP contribution in [0.3, 0.4) is 0 Å². The quantitative estimate of drug-likeness (QED) is 0.690. The SMILES string of the molecule is CCC1c2ccsc2CCN1S(=O)(=O)c1ccc(S(=O)(=O)N2CCOCC2)cc1. The van der Waals surface area contributed by atoms with Crippen molar-refractivity contribution in [2.45, 2.75) is 35.6 Å². The Labute approximate surface area is 176 Å². The third kappa shape index (κ3) is 3.77. The molecule has 3 heterocycles. The summed E-state index contributed by atoms with van der Waals surface area (Å²) in [6.07, 6.45) is 1.39. The number of morpholine rings is 1. The topological polar surface area (TPSA) is 84.0 Å².